The van der Waals surface area contributed by atoms with Gasteiger partial charge in [-0.05, 0) is 30.9 Å². The molecule has 0 N–H and O–H groups in total. The van der Waals surface area contributed by atoms with Crippen molar-refractivity contribution in [2.75, 3.05) is 11.4 Å². The van der Waals surface area contributed by atoms with Gasteiger partial charge in [-0.2, -0.15) is 5.26 Å². The Morgan fingerprint density at radius 2 is 2.11 bits per heavy atom. The maximum atomic E-state index is 8.82. The van der Waals surface area contributed by atoms with Crippen LogP contribution in [0.25, 0.3) is 0 Å². The summed E-state index contributed by atoms with van der Waals surface area (Å²) in [5.74, 6) is 1.65. The highest BCUT2D eigenvalue weighted by Crippen LogP contribution is 2.27. The SMILES string of the molecule is CC(C)CN(c1ccc(C#N)cn1)C1CCCC1. The van der Waals surface area contributed by atoms with Crippen molar-refractivity contribution in [3.05, 3.63) is 23.9 Å². The highest BCUT2D eigenvalue weighted by atomic mass is 15.2. The van der Waals surface area contributed by atoms with Gasteiger partial charge in [-0.15, -0.1) is 0 Å². The van der Waals surface area contributed by atoms with Crippen LogP contribution in [0.5, 0.6) is 0 Å². The predicted octanol–water partition coefficient (Wildman–Crippen LogP) is 3.36. The van der Waals surface area contributed by atoms with Crippen LogP contribution in [0.2, 0.25) is 0 Å². The van der Waals surface area contributed by atoms with Gasteiger partial charge in [-0.25, -0.2) is 4.98 Å². The third-order valence-electron chi connectivity index (χ3n) is 3.50. The third-order valence-corrected chi connectivity index (χ3v) is 3.50. The number of rotatable bonds is 4. The zero-order valence-corrected chi connectivity index (χ0v) is 11.3. The summed E-state index contributed by atoms with van der Waals surface area (Å²) in [6, 6.07) is 6.61. The smallest absolute Gasteiger partial charge is 0.128 e. The second-order valence-electron chi connectivity index (χ2n) is 5.50. The minimum Gasteiger partial charge on any atom is -0.353 e. The number of hydrogen-bond acceptors (Lipinski definition) is 3. The zero-order chi connectivity index (χ0) is 13.0. The van der Waals surface area contributed by atoms with Crippen molar-refractivity contribution < 1.29 is 0 Å². The molecule has 1 saturated carbocycles. The number of nitrogens with zero attached hydrogens (tertiary/aromatic N) is 3. The summed E-state index contributed by atoms with van der Waals surface area (Å²) in [7, 11) is 0. The summed E-state index contributed by atoms with van der Waals surface area (Å²) in [4.78, 5) is 6.88. The van der Waals surface area contributed by atoms with Crippen LogP contribution >= 0.6 is 0 Å². The quantitative estimate of drug-likeness (QED) is 0.814. The van der Waals surface area contributed by atoms with Crippen molar-refractivity contribution in [2.24, 2.45) is 5.92 Å². The Morgan fingerprint density at radius 3 is 2.61 bits per heavy atom. The third kappa shape index (κ3) is 3.01. The fourth-order valence-electron chi connectivity index (χ4n) is 2.66. The van der Waals surface area contributed by atoms with E-state index in [1.54, 1.807) is 6.20 Å². The van der Waals surface area contributed by atoms with Crippen molar-refractivity contribution in [1.82, 2.24) is 4.98 Å². The molecule has 3 heteroatoms. The number of pyridine rings is 1. The molecule has 1 heterocycles. The molecule has 1 aromatic heterocycles. The lowest BCUT2D eigenvalue weighted by molar-refractivity contribution is 0.531. The molecule has 0 aliphatic heterocycles. The molecule has 0 radical (unpaired) electrons. The summed E-state index contributed by atoms with van der Waals surface area (Å²) >= 11 is 0. The molecule has 0 atom stereocenters. The molecule has 1 aliphatic carbocycles. The molecule has 18 heavy (non-hydrogen) atoms. The minimum absolute atomic E-state index is 0.628. The van der Waals surface area contributed by atoms with E-state index >= 15 is 0 Å². The van der Waals surface area contributed by atoms with Gasteiger partial charge in [0.15, 0.2) is 0 Å². The van der Waals surface area contributed by atoms with Crippen molar-refractivity contribution >= 4 is 5.82 Å². The molecule has 0 bridgehead atoms. The molecule has 0 unspecified atom stereocenters. The van der Waals surface area contributed by atoms with E-state index in [1.165, 1.54) is 25.7 Å². The van der Waals surface area contributed by atoms with Crippen LogP contribution in [0.4, 0.5) is 5.82 Å². The number of hydrogen-bond donors (Lipinski definition) is 0. The minimum atomic E-state index is 0.628. The highest BCUT2D eigenvalue weighted by molar-refractivity contribution is 5.43. The summed E-state index contributed by atoms with van der Waals surface area (Å²) in [5.41, 5.74) is 0.634. The number of anilines is 1. The molecule has 1 aromatic rings. The van der Waals surface area contributed by atoms with Crippen LogP contribution in [0.1, 0.15) is 45.1 Å². The Hall–Kier alpha value is -1.56. The molecular formula is C15H21N3. The second kappa shape index (κ2) is 5.86. The Morgan fingerprint density at radius 1 is 1.39 bits per heavy atom. The molecule has 0 aromatic carbocycles. The van der Waals surface area contributed by atoms with Crippen molar-refractivity contribution in [1.29, 1.82) is 5.26 Å². The lowest BCUT2D eigenvalue weighted by Gasteiger charge is -2.31. The number of nitriles is 1. The highest BCUT2D eigenvalue weighted by Gasteiger charge is 2.24. The molecule has 0 saturated heterocycles. The fourth-order valence-corrected chi connectivity index (χ4v) is 2.66. The first-order valence-corrected chi connectivity index (χ1v) is 6.83. The predicted molar refractivity (Wildman–Crippen MR) is 73.4 cm³/mol. The second-order valence-corrected chi connectivity index (χ2v) is 5.50. The van der Waals surface area contributed by atoms with Crippen molar-refractivity contribution in [2.45, 2.75) is 45.6 Å². The van der Waals surface area contributed by atoms with Crippen LogP contribution in [-0.4, -0.2) is 17.6 Å². The van der Waals surface area contributed by atoms with Gasteiger partial charge in [0.2, 0.25) is 0 Å². The van der Waals surface area contributed by atoms with E-state index in [-0.39, 0.29) is 0 Å². The molecule has 0 amide bonds. The molecule has 1 aliphatic rings. The van der Waals surface area contributed by atoms with Gasteiger partial charge < -0.3 is 4.90 Å². The summed E-state index contributed by atoms with van der Waals surface area (Å²) in [5, 5.41) is 8.82. The van der Waals surface area contributed by atoms with E-state index in [1.807, 2.05) is 12.1 Å². The Balaban J connectivity index is 2.18. The standard InChI is InChI=1S/C15H21N3/c1-12(2)11-18(14-5-3-4-6-14)15-8-7-13(9-16)10-17-15/h7-8,10,12,14H,3-6,11H2,1-2H3. The lowest BCUT2D eigenvalue weighted by Crippen LogP contribution is -2.36. The summed E-state index contributed by atoms with van der Waals surface area (Å²) < 4.78 is 0. The Bertz CT molecular complexity index is 410. The maximum absolute atomic E-state index is 8.82. The Labute approximate surface area is 109 Å². The molecule has 3 nitrogen and oxygen atoms in total. The van der Waals surface area contributed by atoms with Crippen LogP contribution in [0.15, 0.2) is 18.3 Å². The van der Waals surface area contributed by atoms with Crippen LogP contribution in [0, 0.1) is 17.2 Å². The fraction of sp³-hybridized carbons (Fsp3) is 0.600. The first-order chi connectivity index (χ1) is 8.70. The van der Waals surface area contributed by atoms with Crippen LogP contribution < -0.4 is 4.90 Å². The van der Waals surface area contributed by atoms with Gasteiger partial charge >= 0.3 is 0 Å². The molecule has 96 valence electrons. The summed E-state index contributed by atoms with van der Waals surface area (Å²) in [6.45, 7) is 5.53. The van der Waals surface area contributed by atoms with E-state index in [4.69, 9.17) is 5.26 Å². The van der Waals surface area contributed by atoms with Crippen LogP contribution in [0.3, 0.4) is 0 Å². The lowest BCUT2D eigenvalue weighted by atomic mass is 10.1. The molecular weight excluding hydrogens is 222 g/mol. The van der Waals surface area contributed by atoms with Gasteiger partial charge in [0, 0.05) is 18.8 Å². The van der Waals surface area contributed by atoms with Gasteiger partial charge in [0.05, 0.1) is 5.56 Å². The van der Waals surface area contributed by atoms with E-state index < -0.39 is 0 Å². The number of aromatic nitrogens is 1. The molecule has 1 fully saturated rings. The van der Waals surface area contributed by atoms with Crippen molar-refractivity contribution in [3.63, 3.8) is 0 Å². The van der Waals surface area contributed by atoms with Crippen LogP contribution in [-0.2, 0) is 0 Å². The van der Waals surface area contributed by atoms with E-state index in [0.29, 0.717) is 17.5 Å². The van der Waals surface area contributed by atoms with E-state index in [0.717, 1.165) is 12.4 Å². The van der Waals surface area contributed by atoms with Gasteiger partial charge in [0.25, 0.3) is 0 Å². The molecule has 2 rings (SSSR count). The van der Waals surface area contributed by atoms with Gasteiger partial charge in [0.1, 0.15) is 11.9 Å². The maximum Gasteiger partial charge on any atom is 0.128 e. The summed E-state index contributed by atoms with van der Waals surface area (Å²) in [6.07, 6.45) is 6.88. The largest absolute Gasteiger partial charge is 0.353 e. The first-order valence-electron chi connectivity index (χ1n) is 6.83. The first kappa shape index (κ1) is 12.9. The van der Waals surface area contributed by atoms with Gasteiger partial charge in [-0.1, -0.05) is 26.7 Å². The average Bonchev–Trinajstić information content (AvgIpc) is 2.89. The van der Waals surface area contributed by atoms with E-state index in [2.05, 4.69) is 29.8 Å². The topological polar surface area (TPSA) is 39.9 Å². The monoisotopic (exact) mass is 243 g/mol. The van der Waals surface area contributed by atoms with E-state index in [9.17, 15) is 0 Å². The average molecular weight is 243 g/mol. The molecule has 0 spiro atoms. The Kier molecular flexibility index (Phi) is 4.19. The van der Waals surface area contributed by atoms with Gasteiger partial charge in [-0.3, -0.25) is 0 Å². The zero-order valence-electron chi connectivity index (χ0n) is 11.3. The normalized spacial score (nSPS) is 15.9. The van der Waals surface area contributed by atoms with Crippen molar-refractivity contribution in [3.8, 4) is 6.07 Å².